The van der Waals surface area contributed by atoms with Gasteiger partial charge in [-0.1, -0.05) is 47.4 Å². The molecule has 0 unspecified atom stereocenters. The molecule has 0 nitrogen and oxygen atoms in total. The Morgan fingerprint density at radius 2 is 1.33 bits per heavy atom. The van der Waals surface area contributed by atoms with E-state index in [4.69, 9.17) is 8.22 Å². The summed E-state index contributed by atoms with van der Waals surface area (Å²) in [6.07, 6.45) is 0. The molecule has 0 fully saturated rings. The highest BCUT2D eigenvalue weighted by molar-refractivity contribution is 5.83. The number of hydrogen-bond acceptors (Lipinski definition) is 0. The molecule has 0 aromatic heterocycles. The van der Waals surface area contributed by atoms with Crippen LogP contribution in [-0.2, 0) is 0 Å². The first-order chi connectivity index (χ1) is 8.29. The van der Waals surface area contributed by atoms with Gasteiger partial charge in [-0.25, -0.2) is 0 Å². The molecule has 60 valence electrons. The van der Waals surface area contributed by atoms with E-state index in [9.17, 15) is 0 Å². The van der Waals surface area contributed by atoms with Gasteiger partial charge in [-0.15, -0.1) is 0 Å². The number of fused-ring (bicyclic) bond motifs is 1. The lowest BCUT2D eigenvalue weighted by Crippen LogP contribution is -1.76. The third-order valence-electron chi connectivity index (χ3n) is 1.62. The van der Waals surface area contributed by atoms with E-state index in [1.54, 1.807) is 13.8 Å². The van der Waals surface area contributed by atoms with Crippen LogP contribution in [0.4, 0.5) is 0 Å². The highest BCUT2D eigenvalue weighted by Crippen LogP contribution is 2.16. The van der Waals surface area contributed by atoms with Crippen molar-refractivity contribution < 1.29 is 8.22 Å². The molecule has 0 saturated heterocycles. The molecule has 2 aromatic carbocycles. The molecule has 0 radical (unpaired) electrons. The van der Waals surface area contributed by atoms with Crippen molar-refractivity contribution >= 4 is 10.8 Å². The number of benzene rings is 2. The van der Waals surface area contributed by atoms with E-state index in [1.807, 2.05) is 0 Å². The molecular formula is C12H12. The quantitative estimate of drug-likeness (QED) is 0.556. The van der Waals surface area contributed by atoms with E-state index in [-0.39, 0.29) is 47.0 Å². The van der Waals surface area contributed by atoms with Crippen molar-refractivity contribution in [3.05, 3.63) is 47.4 Å². The topological polar surface area (TPSA) is 0 Å². The predicted octanol–water partition coefficient (Wildman–Crippen LogP) is 3.46. The Morgan fingerprint density at radius 3 is 1.83 bits per heavy atom. The summed E-state index contributed by atoms with van der Waals surface area (Å²) in [6, 6.07) is -0.552. The Balaban J connectivity index is 3.22. The Labute approximate surface area is 81.3 Å². The largest absolute Gasteiger partial charge is 0.0632 e. The Morgan fingerprint density at radius 1 is 0.833 bits per heavy atom. The molecule has 0 spiro atoms. The van der Waals surface area contributed by atoms with Crippen LogP contribution in [0.5, 0.6) is 0 Å². The summed E-state index contributed by atoms with van der Waals surface area (Å²) >= 11 is 0. The van der Waals surface area contributed by atoms with Crippen molar-refractivity contribution in [2.75, 3.05) is 0 Å². The van der Waals surface area contributed by atoms with Crippen LogP contribution in [-0.4, -0.2) is 0 Å². The molecule has 0 N–H and O–H groups in total. The molecular weight excluding hydrogens is 144 g/mol. The van der Waals surface area contributed by atoms with Gasteiger partial charge in [0.15, 0.2) is 0 Å². The van der Waals surface area contributed by atoms with Gasteiger partial charge in [0.1, 0.15) is 0 Å². The van der Waals surface area contributed by atoms with Gasteiger partial charge < -0.3 is 0 Å². The SMILES string of the molecule is [2H]c1c(C)c([2H])c2c([2H])c(C)c([2H])c([2H])c2c1[2H]. The highest BCUT2D eigenvalue weighted by atomic mass is 14.0. The van der Waals surface area contributed by atoms with Crippen LogP contribution in [0.2, 0.25) is 0 Å². The van der Waals surface area contributed by atoms with Crippen LogP contribution in [0.3, 0.4) is 0 Å². The molecule has 0 atom stereocenters. The second-order valence-electron chi connectivity index (χ2n) is 2.75. The minimum Gasteiger partial charge on any atom is -0.0587 e. The zero-order chi connectivity index (χ0) is 13.8. The van der Waals surface area contributed by atoms with Gasteiger partial charge in [-0.05, 0) is 24.6 Å². The lowest BCUT2D eigenvalue weighted by molar-refractivity contribution is 1.47. The first kappa shape index (κ1) is 3.21. The molecule has 0 aliphatic carbocycles. The van der Waals surface area contributed by atoms with E-state index in [2.05, 4.69) is 0 Å². The summed E-state index contributed by atoms with van der Waals surface area (Å²) in [7, 11) is 0. The van der Waals surface area contributed by atoms with Crippen LogP contribution in [0, 0.1) is 13.8 Å². The summed E-state index contributed by atoms with van der Waals surface area (Å²) in [5.74, 6) is 0. The Hall–Kier alpha value is -1.30. The van der Waals surface area contributed by atoms with Crippen molar-refractivity contribution in [2.24, 2.45) is 0 Å². The standard InChI is InChI=1S/C12H12/c1-9-3-5-11-6-4-10(2)8-12(11)7-9/h3-8H,1-2H3/i3D,4D,5D,6D,7D,8D. The Bertz CT molecular complexity index is 562. The van der Waals surface area contributed by atoms with Crippen molar-refractivity contribution in [3.63, 3.8) is 0 Å². The number of rotatable bonds is 0. The molecule has 2 aromatic rings. The molecule has 2 rings (SSSR count). The number of hydrogen-bond donors (Lipinski definition) is 0. The first-order valence-corrected chi connectivity index (χ1v) is 3.75. The zero-order valence-electron chi connectivity index (χ0n) is 13.0. The molecule has 0 aliphatic heterocycles. The van der Waals surface area contributed by atoms with E-state index >= 15 is 0 Å². The van der Waals surface area contributed by atoms with Crippen LogP contribution in [0.15, 0.2) is 36.3 Å². The van der Waals surface area contributed by atoms with E-state index in [0.717, 1.165) is 0 Å². The lowest BCUT2D eigenvalue weighted by atomic mass is 10.1. The van der Waals surface area contributed by atoms with Gasteiger partial charge in [0.05, 0.1) is 8.22 Å². The summed E-state index contributed by atoms with van der Waals surface area (Å²) in [5.41, 5.74) is 0.662. The van der Waals surface area contributed by atoms with Gasteiger partial charge in [-0.2, -0.15) is 0 Å². The third-order valence-corrected chi connectivity index (χ3v) is 1.62. The van der Waals surface area contributed by atoms with Crippen LogP contribution >= 0.6 is 0 Å². The van der Waals surface area contributed by atoms with Crippen LogP contribution in [0.25, 0.3) is 10.8 Å². The van der Waals surface area contributed by atoms with Gasteiger partial charge in [0.2, 0.25) is 0 Å². The van der Waals surface area contributed by atoms with Crippen LogP contribution in [0.1, 0.15) is 19.4 Å². The maximum absolute atomic E-state index is 7.96. The van der Waals surface area contributed by atoms with Gasteiger partial charge in [0, 0.05) is 0 Å². The molecule has 0 bridgehead atoms. The molecule has 0 heteroatoms. The van der Waals surface area contributed by atoms with E-state index in [1.165, 1.54) is 0 Å². The zero-order valence-corrected chi connectivity index (χ0v) is 7.00. The molecule has 12 heavy (non-hydrogen) atoms. The summed E-state index contributed by atoms with van der Waals surface area (Å²) < 4.78 is 47.2. The van der Waals surface area contributed by atoms with E-state index in [0.29, 0.717) is 11.1 Å². The van der Waals surface area contributed by atoms with E-state index < -0.39 is 0 Å². The highest BCUT2D eigenvalue weighted by Gasteiger charge is 1.92. The molecule has 0 amide bonds. The first-order valence-electron chi connectivity index (χ1n) is 6.75. The maximum atomic E-state index is 7.96. The average Bonchev–Trinajstić information content (AvgIpc) is 2.35. The van der Waals surface area contributed by atoms with Gasteiger partial charge >= 0.3 is 0 Å². The second kappa shape index (κ2) is 2.63. The van der Waals surface area contributed by atoms with Crippen molar-refractivity contribution in [3.8, 4) is 0 Å². The predicted molar refractivity (Wildman–Crippen MR) is 53.4 cm³/mol. The Kier molecular flexibility index (Phi) is 0.705. The smallest absolute Gasteiger partial charge is 0.0587 e. The van der Waals surface area contributed by atoms with Gasteiger partial charge in [0.25, 0.3) is 0 Å². The summed E-state index contributed by atoms with van der Waals surface area (Å²) in [4.78, 5) is 0. The monoisotopic (exact) mass is 162 g/mol. The fraction of sp³-hybridized carbons (Fsp3) is 0.167. The third kappa shape index (κ3) is 1.20. The van der Waals surface area contributed by atoms with Crippen molar-refractivity contribution in [2.45, 2.75) is 13.8 Å². The second-order valence-corrected chi connectivity index (χ2v) is 2.75. The summed E-state index contributed by atoms with van der Waals surface area (Å²) in [5, 5.41) is 0.267. The molecule has 0 heterocycles. The lowest BCUT2D eigenvalue weighted by Gasteiger charge is -1.99. The minimum atomic E-state index is -0.175. The minimum absolute atomic E-state index is 0.00704. The normalized spacial score (nSPS) is 17.5. The molecule has 0 aliphatic rings. The maximum Gasteiger partial charge on any atom is 0.0632 e. The summed E-state index contributed by atoms with van der Waals surface area (Å²) in [6.45, 7) is 3.13. The fourth-order valence-corrected chi connectivity index (χ4v) is 1.06. The van der Waals surface area contributed by atoms with Crippen molar-refractivity contribution in [1.29, 1.82) is 0 Å². The van der Waals surface area contributed by atoms with Gasteiger partial charge in [-0.3, -0.25) is 0 Å². The fourth-order valence-electron chi connectivity index (χ4n) is 1.06. The average molecular weight is 162 g/mol. The molecule has 0 saturated carbocycles. The van der Waals surface area contributed by atoms with Crippen molar-refractivity contribution in [1.82, 2.24) is 0 Å². The van der Waals surface area contributed by atoms with Crippen LogP contribution < -0.4 is 0 Å².